The number of rotatable bonds is 3. The van der Waals surface area contributed by atoms with Crippen molar-refractivity contribution in [3.05, 3.63) is 57.6 Å². The minimum atomic E-state index is -4.99. The molecule has 0 aliphatic rings. The van der Waals surface area contributed by atoms with Gasteiger partial charge in [0.15, 0.2) is 9.84 Å². The van der Waals surface area contributed by atoms with E-state index >= 15 is 0 Å². The number of carbonyl (C=O) groups is 1. The summed E-state index contributed by atoms with van der Waals surface area (Å²) in [6.07, 6.45) is -4.16. The van der Waals surface area contributed by atoms with Gasteiger partial charge in [-0.25, -0.2) is 17.2 Å². The van der Waals surface area contributed by atoms with Gasteiger partial charge in [-0.1, -0.05) is 0 Å². The number of halogens is 6. The zero-order valence-corrected chi connectivity index (χ0v) is 15.2. The van der Waals surface area contributed by atoms with E-state index in [1.807, 2.05) is 5.32 Å². The maximum Gasteiger partial charge on any atom is 0.419 e. The number of sulfone groups is 1. The first kappa shape index (κ1) is 20.3. The van der Waals surface area contributed by atoms with E-state index in [0.717, 1.165) is 24.5 Å². The van der Waals surface area contributed by atoms with Crippen molar-refractivity contribution in [3.8, 4) is 0 Å². The number of carbonyl (C=O) groups excluding carboxylic acids is 1. The molecule has 1 amide bonds. The number of hydrogen-bond acceptors (Lipinski definition) is 3. The molecule has 0 atom stereocenters. The number of hydrogen-bond donors (Lipinski definition) is 1. The molecule has 0 aliphatic carbocycles. The third-order valence-electron chi connectivity index (χ3n) is 3.21. The molecule has 0 radical (unpaired) electrons. The van der Waals surface area contributed by atoms with Crippen molar-refractivity contribution in [1.82, 2.24) is 0 Å². The molecule has 0 fully saturated rings. The molecular formula is C15H9BrF5NO3S. The van der Waals surface area contributed by atoms with E-state index < -0.39 is 50.4 Å². The van der Waals surface area contributed by atoms with Crippen LogP contribution in [0.3, 0.4) is 0 Å². The molecule has 1 N–H and O–H groups in total. The first-order valence-corrected chi connectivity index (χ1v) is 9.37. The lowest BCUT2D eigenvalue weighted by Crippen LogP contribution is -2.17. The summed E-state index contributed by atoms with van der Waals surface area (Å²) in [5, 5.41) is 1.99. The van der Waals surface area contributed by atoms with Gasteiger partial charge in [0.1, 0.15) is 11.6 Å². The van der Waals surface area contributed by atoms with Crippen molar-refractivity contribution >= 4 is 37.4 Å². The first-order chi connectivity index (χ1) is 11.8. The first-order valence-electron chi connectivity index (χ1n) is 6.68. The van der Waals surface area contributed by atoms with Crippen LogP contribution in [0.5, 0.6) is 0 Å². The molecule has 2 aromatic carbocycles. The molecule has 2 aromatic rings. The molecule has 0 unspecified atom stereocenters. The third-order valence-corrected chi connectivity index (χ3v) is 5.44. The fourth-order valence-electron chi connectivity index (χ4n) is 2.04. The van der Waals surface area contributed by atoms with E-state index in [9.17, 15) is 35.2 Å². The Balaban J connectivity index is 2.47. The molecule has 140 valence electrons. The Morgan fingerprint density at radius 3 is 2.19 bits per heavy atom. The van der Waals surface area contributed by atoms with Gasteiger partial charge in [-0.05, 0) is 46.3 Å². The molecule has 0 aromatic heterocycles. The monoisotopic (exact) mass is 457 g/mol. The fourth-order valence-corrected chi connectivity index (χ4v) is 4.17. The van der Waals surface area contributed by atoms with Gasteiger partial charge in [-0.2, -0.15) is 13.2 Å². The molecule has 4 nitrogen and oxygen atoms in total. The lowest BCUT2D eigenvalue weighted by atomic mass is 10.1. The molecule has 0 spiro atoms. The summed E-state index contributed by atoms with van der Waals surface area (Å²) >= 11 is 2.82. The number of alkyl halides is 3. The zero-order valence-electron chi connectivity index (χ0n) is 12.8. The van der Waals surface area contributed by atoms with Gasteiger partial charge in [0.25, 0.3) is 5.91 Å². The van der Waals surface area contributed by atoms with Gasteiger partial charge in [-0.15, -0.1) is 0 Å². The summed E-state index contributed by atoms with van der Waals surface area (Å²) in [4.78, 5) is 11.9. The van der Waals surface area contributed by atoms with Crippen molar-refractivity contribution in [3.63, 3.8) is 0 Å². The van der Waals surface area contributed by atoms with E-state index in [-0.39, 0.29) is 9.37 Å². The van der Waals surface area contributed by atoms with Crippen LogP contribution in [0.25, 0.3) is 0 Å². The van der Waals surface area contributed by atoms with Gasteiger partial charge >= 0.3 is 6.18 Å². The predicted molar refractivity (Wildman–Crippen MR) is 86.6 cm³/mol. The normalized spacial score (nSPS) is 12.1. The minimum absolute atomic E-state index is 0.347. The van der Waals surface area contributed by atoms with Gasteiger partial charge in [-0.3, -0.25) is 4.79 Å². The van der Waals surface area contributed by atoms with Gasteiger partial charge in [0.05, 0.1) is 20.5 Å². The Bertz CT molecular complexity index is 990. The van der Waals surface area contributed by atoms with Crippen LogP contribution < -0.4 is 5.32 Å². The molecule has 2 rings (SSSR count). The molecule has 0 bridgehead atoms. The largest absolute Gasteiger partial charge is 0.419 e. The van der Waals surface area contributed by atoms with Crippen LogP contribution >= 0.6 is 15.9 Å². The van der Waals surface area contributed by atoms with E-state index in [2.05, 4.69) is 15.9 Å². The van der Waals surface area contributed by atoms with Crippen molar-refractivity contribution in [2.75, 3.05) is 11.6 Å². The molecule has 0 saturated carbocycles. The highest BCUT2D eigenvalue weighted by atomic mass is 79.9. The summed E-state index contributed by atoms with van der Waals surface area (Å²) in [6.45, 7) is 0. The second-order valence-corrected chi connectivity index (χ2v) is 7.93. The highest BCUT2D eigenvalue weighted by molar-refractivity contribution is 9.10. The summed E-state index contributed by atoms with van der Waals surface area (Å²) in [5.41, 5.74) is -2.77. The molecular weight excluding hydrogens is 449 g/mol. The number of amides is 1. The van der Waals surface area contributed by atoms with Crippen LogP contribution in [0.4, 0.5) is 27.6 Å². The maximum atomic E-state index is 14.0. The second-order valence-electron chi connectivity index (χ2n) is 5.15. The summed E-state index contributed by atoms with van der Waals surface area (Å²) in [5.74, 6) is -3.85. The molecule has 26 heavy (non-hydrogen) atoms. The van der Waals surface area contributed by atoms with E-state index in [1.54, 1.807) is 0 Å². The van der Waals surface area contributed by atoms with E-state index in [0.29, 0.717) is 12.1 Å². The van der Waals surface area contributed by atoms with Crippen LogP contribution in [0.1, 0.15) is 15.9 Å². The molecule has 0 heterocycles. The Morgan fingerprint density at radius 2 is 1.65 bits per heavy atom. The average Bonchev–Trinajstić information content (AvgIpc) is 2.46. The van der Waals surface area contributed by atoms with E-state index in [1.165, 1.54) is 0 Å². The Labute approximate surface area is 153 Å². The zero-order chi connectivity index (χ0) is 19.9. The smallest absolute Gasteiger partial charge is 0.322 e. The summed E-state index contributed by atoms with van der Waals surface area (Å²) in [7, 11) is -3.80. The van der Waals surface area contributed by atoms with Crippen molar-refractivity contribution in [1.29, 1.82) is 0 Å². The lowest BCUT2D eigenvalue weighted by molar-refractivity contribution is -0.139. The van der Waals surface area contributed by atoms with Crippen LogP contribution in [0.15, 0.2) is 39.7 Å². The van der Waals surface area contributed by atoms with E-state index in [4.69, 9.17) is 0 Å². The molecule has 11 heteroatoms. The van der Waals surface area contributed by atoms with Crippen LogP contribution in [-0.4, -0.2) is 20.6 Å². The molecule has 0 aliphatic heterocycles. The summed E-state index contributed by atoms with van der Waals surface area (Å²) in [6, 6.07) is 3.37. The van der Waals surface area contributed by atoms with Gasteiger partial charge in [0.2, 0.25) is 0 Å². The Hall–Kier alpha value is -2.01. The second kappa shape index (κ2) is 6.95. The quantitative estimate of drug-likeness (QED) is 0.548. The van der Waals surface area contributed by atoms with Crippen LogP contribution in [0.2, 0.25) is 0 Å². The van der Waals surface area contributed by atoms with Gasteiger partial charge < -0.3 is 5.32 Å². The highest BCUT2D eigenvalue weighted by Crippen LogP contribution is 2.34. The van der Waals surface area contributed by atoms with Gasteiger partial charge in [0, 0.05) is 11.9 Å². The van der Waals surface area contributed by atoms with Crippen molar-refractivity contribution in [2.45, 2.75) is 11.1 Å². The average molecular weight is 458 g/mol. The topological polar surface area (TPSA) is 63.2 Å². The molecule has 0 saturated heterocycles. The van der Waals surface area contributed by atoms with Crippen molar-refractivity contribution < 1.29 is 35.2 Å². The highest BCUT2D eigenvalue weighted by Gasteiger charge is 2.34. The Kier molecular flexibility index (Phi) is 5.43. The Morgan fingerprint density at radius 1 is 1.08 bits per heavy atom. The van der Waals surface area contributed by atoms with Crippen LogP contribution in [-0.2, 0) is 16.0 Å². The lowest BCUT2D eigenvalue weighted by Gasteiger charge is -2.13. The maximum absolute atomic E-state index is 14.0. The minimum Gasteiger partial charge on any atom is -0.322 e. The van der Waals surface area contributed by atoms with Crippen LogP contribution in [0, 0.1) is 11.6 Å². The fraction of sp³-hybridized carbons (Fsp3) is 0.133. The SMILES string of the molecule is CS(=O)(=O)c1ccc(F)c(C(=O)Nc2ccc(F)c(C(F)(F)F)c2)c1Br. The third kappa shape index (κ3) is 4.21. The van der Waals surface area contributed by atoms with Crippen molar-refractivity contribution in [2.24, 2.45) is 0 Å². The number of benzene rings is 2. The number of anilines is 1. The predicted octanol–water partition coefficient (Wildman–Crippen LogP) is 4.40. The summed E-state index contributed by atoms with van der Waals surface area (Å²) < 4.78 is 88.3. The number of nitrogens with one attached hydrogen (secondary N) is 1. The standard InChI is InChI=1S/C15H9BrF5NO3S/c1-26(24,25)11-5-4-10(18)12(13(11)16)14(23)22-7-2-3-9(17)8(6-7)15(19,20)21/h2-6H,1H3,(H,22,23).